The second-order valence-electron chi connectivity index (χ2n) is 4.59. The zero-order valence-corrected chi connectivity index (χ0v) is 12.8. The predicted molar refractivity (Wildman–Crippen MR) is 82.2 cm³/mol. The molecule has 0 aliphatic heterocycles. The maximum absolute atomic E-state index is 3.82. The molecule has 0 bridgehead atoms. The van der Waals surface area contributed by atoms with Gasteiger partial charge in [0.1, 0.15) is 0 Å². The lowest BCUT2D eigenvalue weighted by atomic mass is 10.2. The van der Waals surface area contributed by atoms with Gasteiger partial charge in [0, 0.05) is 29.4 Å². The van der Waals surface area contributed by atoms with E-state index in [1.807, 2.05) is 17.4 Å². The van der Waals surface area contributed by atoms with Crippen molar-refractivity contribution >= 4 is 11.3 Å². The molecular weight excluding hydrogens is 240 g/mol. The lowest BCUT2D eigenvalue weighted by Gasteiger charge is -2.17. The average Bonchev–Trinajstić information content (AvgIpc) is 2.70. The van der Waals surface area contributed by atoms with Crippen LogP contribution in [-0.2, 0) is 13.1 Å². The first-order chi connectivity index (χ1) is 8.71. The van der Waals surface area contributed by atoms with Crippen molar-refractivity contribution in [3.05, 3.63) is 34.0 Å². The summed E-state index contributed by atoms with van der Waals surface area (Å²) >= 11 is 1.92. The number of thiophene rings is 1. The van der Waals surface area contributed by atoms with E-state index >= 15 is 0 Å². The summed E-state index contributed by atoms with van der Waals surface area (Å²) in [6.07, 6.45) is 3.18. The molecule has 1 heterocycles. The Morgan fingerprint density at radius 3 is 2.83 bits per heavy atom. The molecular formula is C15H26N2S. The topological polar surface area (TPSA) is 15.3 Å². The molecule has 1 aromatic rings. The first-order valence-electron chi connectivity index (χ1n) is 6.83. The molecule has 0 saturated heterocycles. The number of likely N-dealkylation sites (N-methyl/N-ethyl adjacent to an activating group) is 1. The Kier molecular flexibility index (Phi) is 7.25. The molecule has 0 radical (unpaired) electrons. The lowest BCUT2D eigenvalue weighted by Crippen LogP contribution is -2.22. The molecule has 0 unspecified atom stereocenters. The first-order valence-corrected chi connectivity index (χ1v) is 7.65. The van der Waals surface area contributed by atoms with Crippen molar-refractivity contribution in [2.45, 2.75) is 40.3 Å². The van der Waals surface area contributed by atoms with Gasteiger partial charge in [-0.25, -0.2) is 0 Å². The van der Waals surface area contributed by atoms with Crippen molar-refractivity contribution in [2.24, 2.45) is 0 Å². The maximum atomic E-state index is 3.82. The molecule has 0 aliphatic carbocycles. The number of nitrogens with one attached hydrogen (secondary N) is 1. The van der Waals surface area contributed by atoms with E-state index in [2.05, 4.69) is 43.6 Å². The first kappa shape index (κ1) is 15.4. The van der Waals surface area contributed by atoms with Gasteiger partial charge in [0.15, 0.2) is 0 Å². The van der Waals surface area contributed by atoms with Gasteiger partial charge < -0.3 is 5.32 Å². The van der Waals surface area contributed by atoms with Gasteiger partial charge in [0.25, 0.3) is 0 Å². The molecule has 0 aliphatic rings. The molecule has 0 amide bonds. The van der Waals surface area contributed by atoms with Gasteiger partial charge in [-0.05, 0) is 38.1 Å². The fourth-order valence-corrected chi connectivity index (χ4v) is 2.97. The van der Waals surface area contributed by atoms with Gasteiger partial charge >= 0.3 is 0 Å². The van der Waals surface area contributed by atoms with Crippen LogP contribution in [0.25, 0.3) is 0 Å². The van der Waals surface area contributed by atoms with Gasteiger partial charge in [0.2, 0.25) is 0 Å². The minimum Gasteiger partial charge on any atom is -0.312 e. The Hall–Kier alpha value is -0.640. The van der Waals surface area contributed by atoms with Crippen LogP contribution in [0, 0.1) is 6.92 Å². The van der Waals surface area contributed by atoms with Crippen molar-refractivity contribution < 1.29 is 0 Å². The van der Waals surface area contributed by atoms with E-state index in [0.717, 1.165) is 32.7 Å². The molecule has 0 aromatic carbocycles. The fourth-order valence-electron chi connectivity index (χ4n) is 1.95. The summed E-state index contributed by atoms with van der Waals surface area (Å²) in [6.45, 7) is 15.6. The predicted octanol–water partition coefficient (Wildman–Crippen LogP) is 3.56. The quantitative estimate of drug-likeness (QED) is 0.543. The zero-order valence-electron chi connectivity index (χ0n) is 12.0. The highest BCUT2D eigenvalue weighted by atomic mass is 32.1. The van der Waals surface area contributed by atoms with Gasteiger partial charge in [-0.1, -0.05) is 19.9 Å². The fraction of sp³-hybridized carbons (Fsp3) is 0.600. The van der Waals surface area contributed by atoms with Crippen LogP contribution in [0.2, 0.25) is 0 Å². The smallest absolute Gasteiger partial charge is 0.0299 e. The van der Waals surface area contributed by atoms with Gasteiger partial charge in [-0.2, -0.15) is 0 Å². The number of nitrogens with zero attached hydrogens (tertiary/aromatic N) is 1. The Morgan fingerprint density at radius 1 is 1.44 bits per heavy atom. The third kappa shape index (κ3) is 4.92. The third-order valence-electron chi connectivity index (χ3n) is 3.03. The molecule has 1 N–H and O–H groups in total. The van der Waals surface area contributed by atoms with Crippen LogP contribution in [0.1, 0.15) is 35.6 Å². The molecule has 2 nitrogen and oxygen atoms in total. The van der Waals surface area contributed by atoms with E-state index in [4.69, 9.17) is 0 Å². The Labute approximate surface area is 116 Å². The van der Waals surface area contributed by atoms with Crippen LogP contribution < -0.4 is 5.32 Å². The zero-order chi connectivity index (χ0) is 13.4. The SMILES string of the molecule is C=CCN(CC)Cc1cc(CNCCC)sc1C. The van der Waals surface area contributed by atoms with E-state index in [1.54, 1.807) is 0 Å². The molecule has 102 valence electrons. The van der Waals surface area contributed by atoms with Crippen molar-refractivity contribution in [3.8, 4) is 0 Å². The van der Waals surface area contributed by atoms with E-state index in [0.29, 0.717) is 0 Å². The minimum absolute atomic E-state index is 0.967. The molecule has 3 heteroatoms. The molecule has 18 heavy (non-hydrogen) atoms. The second kappa shape index (κ2) is 8.46. The monoisotopic (exact) mass is 266 g/mol. The highest BCUT2D eigenvalue weighted by Crippen LogP contribution is 2.22. The van der Waals surface area contributed by atoms with Crippen LogP contribution in [0.3, 0.4) is 0 Å². The highest BCUT2D eigenvalue weighted by molar-refractivity contribution is 7.12. The van der Waals surface area contributed by atoms with E-state index < -0.39 is 0 Å². The minimum atomic E-state index is 0.967. The van der Waals surface area contributed by atoms with Crippen LogP contribution in [0.5, 0.6) is 0 Å². The molecule has 0 atom stereocenters. The summed E-state index contributed by atoms with van der Waals surface area (Å²) in [7, 11) is 0. The number of hydrogen-bond donors (Lipinski definition) is 1. The summed E-state index contributed by atoms with van der Waals surface area (Å²) < 4.78 is 0. The normalized spacial score (nSPS) is 11.1. The van der Waals surface area contributed by atoms with Crippen molar-refractivity contribution in [3.63, 3.8) is 0 Å². The molecule has 0 spiro atoms. The molecule has 1 aromatic heterocycles. The molecule has 1 rings (SSSR count). The van der Waals surface area contributed by atoms with Gasteiger partial charge in [-0.3, -0.25) is 4.90 Å². The van der Waals surface area contributed by atoms with Crippen LogP contribution >= 0.6 is 11.3 Å². The number of aryl methyl sites for hydroxylation is 1. The highest BCUT2D eigenvalue weighted by Gasteiger charge is 2.08. The third-order valence-corrected chi connectivity index (χ3v) is 4.12. The number of rotatable bonds is 9. The lowest BCUT2D eigenvalue weighted by molar-refractivity contribution is 0.311. The summed E-state index contributed by atoms with van der Waals surface area (Å²) in [5.41, 5.74) is 1.47. The summed E-state index contributed by atoms with van der Waals surface area (Å²) in [4.78, 5) is 5.31. The summed E-state index contributed by atoms with van der Waals surface area (Å²) in [5.74, 6) is 0. The van der Waals surface area contributed by atoms with E-state index in [9.17, 15) is 0 Å². The van der Waals surface area contributed by atoms with Crippen LogP contribution in [0.15, 0.2) is 18.7 Å². The van der Waals surface area contributed by atoms with Crippen molar-refractivity contribution in [1.82, 2.24) is 10.2 Å². The van der Waals surface area contributed by atoms with Gasteiger partial charge in [-0.15, -0.1) is 17.9 Å². The summed E-state index contributed by atoms with van der Waals surface area (Å²) in [6, 6.07) is 2.36. The maximum Gasteiger partial charge on any atom is 0.0299 e. The average molecular weight is 266 g/mol. The molecule has 0 saturated carbocycles. The molecule has 0 fully saturated rings. The second-order valence-corrected chi connectivity index (χ2v) is 5.93. The summed E-state index contributed by atoms with van der Waals surface area (Å²) in [5, 5.41) is 3.47. The Balaban J connectivity index is 2.57. The standard InChI is InChI=1S/C15H26N2S/c1-5-8-16-11-15-10-14(13(4)18-15)12-17(7-3)9-6-2/h6,10,16H,2,5,7-9,11-12H2,1,3-4H3. The van der Waals surface area contributed by atoms with Crippen molar-refractivity contribution in [2.75, 3.05) is 19.6 Å². The Bertz CT molecular complexity index is 357. The van der Waals surface area contributed by atoms with E-state index in [-0.39, 0.29) is 0 Å². The van der Waals surface area contributed by atoms with Gasteiger partial charge in [0.05, 0.1) is 0 Å². The van der Waals surface area contributed by atoms with Crippen molar-refractivity contribution in [1.29, 1.82) is 0 Å². The van der Waals surface area contributed by atoms with E-state index in [1.165, 1.54) is 21.7 Å². The van der Waals surface area contributed by atoms with Crippen LogP contribution in [0.4, 0.5) is 0 Å². The Morgan fingerprint density at radius 2 is 2.22 bits per heavy atom. The van der Waals surface area contributed by atoms with Crippen LogP contribution in [-0.4, -0.2) is 24.5 Å². The number of hydrogen-bond acceptors (Lipinski definition) is 3. The largest absolute Gasteiger partial charge is 0.312 e.